The molecule has 94 valence electrons. The van der Waals surface area contributed by atoms with E-state index in [1.54, 1.807) is 13.0 Å². The van der Waals surface area contributed by atoms with E-state index in [1.807, 2.05) is 20.8 Å². The molecule has 1 rings (SSSR count). The molecule has 0 spiro atoms. The Balaban J connectivity index is 3.04. The molecular weight excluding hydrogens is 261 g/mol. The SMILES string of the molecule is C/C(=N\[S@@](=O)C(C)(C)C)c1ccc(Cl)c(F)c1. The Hall–Kier alpha value is -0.740. The molecule has 17 heavy (non-hydrogen) atoms. The van der Waals surface area contributed by atoms with Crippen LogP contribution < -0.4 is 0 Å². The summed E-state index contributed by atoms with van der Waals surface area (Å²) in [4.78, 5) is 0. The maximum absolute atomic E-state index is 13.2. The molecule has 1 atom stereocenters. The molecule has 5 heteroatoms. The summed E-state index contributed by atoms with van der Waals surface area (Å²) < 4.78 is 28.7. The minimum absolute atomic E-state index is 0.0680. The topological polar surface area (TPSA) is 29.4 Å². The maximum atomic E-state index is 13.2. The Morgan fingerprint density at radius 2 is 2.00 bits per heavy atom. The van der Waals surface area contributed by atoms with E-state index in [2.05, 4.69) is 4.40 Å². The van der Waals surface area contributed by atoms with E-state index in [-0.39, 0.29) is 5.02 Å². The van der Waals surface area contributed by atoms with Crippen LogP contribution in [0.3, 0.4) is 0 Å². The van der Waals surface area contributed by atoms with Crippen LogP contribution in [-0.2, 0) is 11.0 Å². The molecule has 0 heterocycles. The van der Waals surface area contributed by atoms with Crippen molar-refractivity contribution in [3.8, 4) is 0 Å². The van der Waals surface area contributed by atoms with Gasteiger partial charge in [-0.1, -0.05) is 17.7 Å². The van der Waals surface area contributed by atoms with Gasteiger partial charge in [0.05, 0.1) is 15.5 Å². The molecule has 0 aliphatic rings. The zero-order chi connectivity index (χ0) is 13.2. The summed E-state index contributed by atoms with van der Waals surface area (Å²) in [5.41, 5.74) is 1.12. The first kappa shape index (κ1) is 14.3. The van der Waals surface area contributed by atoms with E-state index < -0.39 is 21.5 Å². The van der Waals surface area contributed by atoms with Crippen molar-refractivity contribution in [3.05, 3.63) is 34.6 Å². The first-order chi connectivity index (χ1) is 7.71. The molecule has 2 nitrogen and oxygen atoms in total. The lowest BCUT2D eigenvalue weighted by molar-refractivity contribution is 0.628. The molecule has 0 N–H and O–H groups in total. The third-order valence-corrected chi connectivity index (χ3v) is 3.88. The van der Waals surface area contributed by atoms with Crippen molar-refractivity contribution in [2.75, 3.05) is 0 Å². The molecule has 0 aliphatic carbocycles. The van der Waals surface area contributed by atoms with E-state index in [9.17, 15) is 8.60 Å². The first-order valence-electron chi connectivity index (χ1n) is 5.14. The predicted molar refractivity (Wildman–Crippen MR) is 71.5 cm³/mol. The van der Waals surface area contributed by atoms with Crippen LogP contribution in [0.2, 0.25) is 5.02 Å². The van der Waals surface area contributed by atoms with Gasteiger partial charge >= 0.3 is 0 Å². The molecule has 0 unspecified atom stereocenters. The fourth-order valence-corrected chi connectivity index (χ4v) is 1.78. The Bertz CT molecular complexity index is 480. The summed E-state index contributed by atoms with van der Waals surface area (Å²) in [6.45, 7) is 7.21. The van der Waals surface area contributed by atoms with Crippen molar-refractivity contribution < 1.29 is 8.60 Å². The average molecular weight is 276 g/mol. The van der Waals surface area contributed by atoms with Gasteiger partial charge in [0.15, 0.2) is 0 Å². The molecule has 0 bridgehead atoms. The molecule has 1 aromatic rings. The highest BCUT2D eigenvalue weighted by Gasteiger charge is 2.19. The van der Waals surface area contributed by atoms with Gasteiger partial charge in [0, 0.05) is 0 Å². The number of benzene rings is 1. The standard InChI is InChI=1S/C12H15ClFNOS/c1-8(15-17(16)12(2,3)4)9-5-6-10(13)11(14)7-9/h5-7H,1-4H3/b15-8+/t17-/m0/s1. The Kier molecular flexibility index (Phi) is 4.44. The highest BCUT2D eigenvalue weighted by atomic mass is 35.5. The molecule has 0 aliphatic heterocycles. The van der Waals surface area contributed by atoms with Crippen LogP contribution in [0.4, 0.5) is 4.39 Å². The molecule has 0 radical (unpaired) electrons. The van der Waals surface area contributed by atoms with Gasteiger partial charge in [0.2, 0.25) is 0 Å². The zero-order valence-corrected chi connectivity index (χ0v) is 11.8. The summed E-state index contributed by atoms with van der Waals surface area (Å²) in [6.07, 6.45) is 0. The van der Waals surface area contributed by atoms with Gasteiger partial charge in [-0.25, -0.2) is 8.60 Å². The van der Waals surface area contributed by atoms with Crippen LogP contribution in [0.15, 0.2) is 22.6 Å². The Morgan fingerprint density at radius 3 is 2.47 bits per heavy atom. The van der Waals surface area contributed by atoms with Crippen LogP contribution >= 0.6 is 11.6 Å². The number of halogens is 2. The van der Waals surface area contributed by atoms with E-state index in [1.165, 1.54) is 12.1 Å². The monoisotopic (exact) mass is 275 g/mol. The summed E-state index contributed by atoms with van der Waals surface area (Å²) in [5, 5.41) is 0.0680. The minimum Gasteiger partial charge on any atom is -0.234 e. The van der Waals surface area contributed by atoms with Crippen molar-refractivity contribution in [2.45, 2.75) is 32.4 Å². The molecule has 1 aromatic carbocycles. The van der Waals surface area contributed by atoms with Gasteiger partial charge in [0.1, 0.15) is 16.8 Å². The molecule has 0 amide bonds. The van der Waals surface area contributed by atoms with Crippen molar-refractivity contribution in [1.29, 1.82) is 0 Å². The summed E-state index contributed by atoms with van der Waals surface area (Å²) in [7, 11) is -1.35. The van der Waals surface area contributed by atoms with E-state index in [0.29, 0.717) is 11.3 Å². The summed E-state index contributed by atoms with van der Waals surface area (Å²) >= 11 is 5.59. The van der Waals surface area contributed by atoms with Crippen molar-refractivity contribution in [3.63, 3.8) is 0 Å². The second kappa shape index (κ2) is 5.27. The first-order valence-corrected chi connectivity index (χ1v) is 6.63. The quantitative estimate of drug-likeness (QED) is 0.756. The lowest BCUT2D eigenvalue weighted by Crippen LogP contribution is -2.20. The molecule has 0 fully saturated rings. The van der Waals surface area contributed by atoms with E-state index in [0.717, 1.165) is 0 Å². The highest BCUT2D eigenvalue weighted by Crippen LogP contribution is 2.18. The largest absolute Gasteiger partial charge is 0.234 e. The van der Waals surface area contributed by atoms with Crippen molar-refractivity contribution in [1.82, 2.24) is 0 Å². The van der Waals surface area contributed by atoms with Gasteiger partial charge in [-0.3, -0.25) is 0 Å². The van der Waals surface area contributed by atoms with Crippen LogP contribution in [0.25, 0.3) is 0 Å². The fraction of sp³-hybridized carbons (Fsp3) is 0.417. The molecule has 0 saturated heterocycles. The number of nitrogens with zero attached hydrogens (tertiary/aromatic N) is 1. The van der Waals surface area contributed by atoms with Gasteiger partial charge in [0.25, 0.3) is 0 Å². The molecule has 0 saturated carbocycles. The zero-order valence-electron chi connectivity index (χ0n) is 10.3. The van der Waals surface area contributed by atoms with Crippen LogP contribution in [0.1, 0.15) is 33.3 Å². The number of rotatable bonds is 2. The highest BCUT2D eigenvalue weighted by molar-refractivity contribution is 7.85. The van der Waals surface area contributed by atoms with Crippen LogP contribution in [-0.4, -0.2) is 14.7 Å². The molecular formula is C12H15ClFNOS. The van der Waals surface area contributed by atoms with Gasteiger partial charge < -0.3 is 0 Å². The van der Waals surface area contributed by atoms with E-state index >= 15 is 0 Å². The molecule has 0 aromatic heterocycles. The Morgan fingerprint density at radius 1 is 1.41 bits per heavy atom. The van der Waals surface area contributed by atoms with Gasteiger partial charge in [-0.15, -0.1) is 0 Å². The summed E-state index contributed by atoms with van der Waals surface area (Å²) in [6, 6.07) is 4.41. The lowest BCUT2D eigenvalue weighted by Gasteiger charge is -2.14. The van der Waals surface area contributed by atoms with Gasteiger partial charge in [-0.05, 0) is 45.4 Å². The normalized spacial score (nSPS) is 14.8. The average Bonchev–Trinajstić information content (AvgIpc) is 2.20. The Labute approximate surface area is 108 Å². The van der Waals surface area contributed by atoms with Crippen LogP contribution in [0, 0.1) is 5.82 Å². The number of hydrogen-bond donors (Lipinski definition) is 0. The summed E-state index contributed by atoms with van der Waals surface area (Å²) in [5.74, 6) is -0.500. The van der Waals surface area contributed by atoms with Crippen molar-refractivity contribution in [2.24, 2.45) is 4.40 Å². The second-order valence-corrected chi connectivity index (χ2v) is 6.98. The maximum Gasteiger partial charge on any atom is 0.145 e. The van der Waals surface area contributed by atoms with Crippen LogP contribution in [0.5, 0.6) is 0 Å². The van der Waals surface area contributed by atoms with E-state index in [4.69, 9.17) is 11.6 Å². The second-order valence-electron chi connectivity index (χ2n) is 4.67. The minimum atomic E-state index is -1.35. The lowest BCUT2D eigenvalue weighted by atomic mass is 10.1. The predicted octanol–water partition coefficient (Wildman–Crippen LogP) is 3.75. The third kappa shape index (κ3) is 3.89. The third-order valence-electron chi connectivity index (χ3n) is 2.08. The van der Waals surface area contributed by atoms with Gasteiger partial charge in [-0.2, -0.15) is 4.40 Å². The number of hydrogen-bond acceptors (Lipinski definition) is 1. The smallest absolute Gasteiger partial charge is 0.145 e. The fourth-order valence-electron chi connectivity index (χ4n) is 1.04. The van der Waals surface area contributed by atoms with Crippen molar-refractivity contribution >= 4 is 28.3 Å².